The maximum Gasteiger partial charge on any atom is 0.0441 e. The lowest BCUT2D eigenvalue weighted by atomic mass is 9.85. The molecule has 0 atom stereocenters. The highest BCUT2D eigenvalue weighted by atomic mass is 15.3. The summed E-state index contributed by atoms with van der Waals surface area (Å²) in [6, 6.07) is 8.82. The van der Waals surface area contributed by atoms with Gasteiger partial charge >= 0.3 is 0 Å². The van der Waals surface area contributed by atoms with Crippen molar-refractivity contribution in [2.75, 3.05) is 13.1 Å². The van der Waals surface area contributed by atoms with Gasteiger partial charge in [0.25, 0.3) is 0 Å². The minimum Gasteiger partial charge on any atom is -0.323 e. The molecule has 86 valence electrons. The maximum absolute atomic E-state index is 6.33. The van der Waals surface area contributed by atoms with Crippen molar-refractivity contribution >= 4 is 0 Å². The van der Waals surface area contributed by atoms with E-state index in [4.69, 9.17) is 5.73 Å². The van der Waals surface area contributed by atoms with E-state index in [0.29, 0.717) is 0 Å². The fourth-order valence-electron chi connectivity index (χ4n) is 2.77. The van der Waals surface area contributed by atoms with Crippen LogP contribution in [0.2, 0.25) is 0 Å². The Labute approximate surface area is 97.4 Å². The standard InChI is InChI=1S/C14H20N2/c1-11-2-4-12(5-3-11)8-16-9-14(15,10-16)13-6-7-13/h2-5,13H,6-10,15H2,1H3. The average molecular weight is 216 g/mol. The molecule has 1 aromatic rings. The van der Waals surface area contributed by atoms with Crippen LogP contribution in [0.4, 0.5) is 0 Å². The summed E-state index contributed by atoms with van der Waals surface area (Å²) in [6.45, 7) is 5.37. The van der Waals surface area contributed by atoms with Crippen LogP contribution in [0.3, 0.4) is 0 Å². The molecule has 1 saturated heterocycles. The van der Waals surface area contributed by atoms with Crippen LogP contribution in [0.25, 0.3) is 0 Å². The lowest BCUT2D eigenvalue weighted by Crippen LogP contribution is -2.68. The van der Waals surface area contributed by atoms with Crippen LogP contribution in [0.15, 0.2) is 24.3 Å². The molecule has 2 nitrogen and oxygen atoms in total. The van der Waals surface area contributed by atoms with E-state index < -0.39 is 0 Å². The molecule has 0 amide bonds. The van der Waals surface area contributed by atoms with Gasteiger partial charge in [0.2, 0.25) is 0 Å². The number of nitrogens with zero attached hydrogens (tertiary/aromatic N) is 1. The number of benzene rings is 1. The molecule has 2 aliphatic rings. The Morgan fingerprint density at radius 2 is 1.88 bits per heavy atom. The SMILES string of the molecule is Cc1ccc(CN2CC(N)(C3CC3)C2)cc1. The van der Waals surface area contributed by atoms with Gasteiger partial charge in [-0.2, -0.15) is 0 Å². The molecule has 16 heavy (non-hydrogen) atoms. The Kier molecular flexibility index (Phi) is 2.30. The second-order valence-electron chi connectivity index (χ2n) is 5.64. The molecule has 2 N–H and O–H groups in total. The van der Waals surface area contributed by atoms with Crippen molar-refractivity contribution in [2.45, 2.75) is 31.8 Å². The predicted octanol–water partition coefficient (Wildman–Crippen LogP) is 1.92. The Morgan fingerprint density at radius 1 is 1.25 bits per heavy atom. The fourth-order valence-corrected chi connectivity index (χ4v) is 2.77. The summed E-state index contributed by atoms with van der Waals surface area (Å²) in [4.78, 5) is 2.46. The van der Waals surface area contributed by atoms with E-state index in [0.717, 1.165) is 25.6 Å². The summed E-state index contributed by atoms with van der Waals surface area (Å²) in [5, 5.41) is 0. The summed E-state index contributed by atoms with van der Waals surface area (Å²) in [6.07, 6.45) is 2.71. The largest absolute Gasteiger partial charge is 0.323 e. The maximum atomic E-state index is 6.33. The number of likely N-dealkylation sites (tertiary alicyclic amines) is 1. The van der Waals surface area contributed by atoms with Gasteiger partial charge in [-0.25, -0.2) is 0 Å². The molecule has 1 aliphatic carbocycles. The van der Waals surface area contributed by atoms with Gasteiger partial charge in [-0.15, -0.1) is 0 Å². The topological polar surface area (TPSA) is 29.3 Å². The van der Waals surface area contributed by atoms with E-state index in [2.05, 4.69) is 36.1 Å². The number of hydrogen-bond acceptors (Lipinski definition) is 2. The lowest BCUT2D eigenvalue weighted by molar-refractivity contribution is 0.0478. The van der Waals surface area contributed by atoms with Crippen LogP contribution in [-0.2, 0) is 6.54 Å². The summed E-state index contributed by atoms with van der Waals surface area (Å²) < 4.78 is 0. The monoisotopic (exact) mass is 216 g/mol. The minimum atomic E-state index is 0.157. The van der Waals surface area contributed by atoms with Crippen LogP contribution in [0.1, 0.15) is 24.0 Å². The van der Waals surface area contributed by atoms with Crippen molar-refractivity contribution in [3.05, 3.63) is 35.4 Å². The third-order valence-corrected chi connectivity index (χ3v) is 3.95. The van der Waals surface area contributed by atoms with Crippen molar-refractivity contribution in [1.82, 2.24) is 4.90 Å². The van der Waals surface area contributed by atoms with E-state index in [-0.39, 0.29) is 5.54 Å². The molecule has 0 radical (unpaired) electrons. The molecule has 1 aromatic carbocycles. The van der Waals surface area contributed by atoms with Crippen LogP contribution in [0.5, 0.6) is 0 Å². The van der Waals surface area contributed by atoms with Crippen molar-refractivity contribution in [1.29, 1.82) is 0 Å². The summed E-state index contributed by atoms with van der Waals surface area (Å²) in [5.74, 6) is 0.821. The molecule has 3 rings (SSSR count). The molecule has 0 unspecified atom stereocenters. The van der Waals surface area contributed by atoms with Gasteiger partial charge in [-0.3, -0.25) is 4.90 Å². The highest BCUT2D eigenvalue weighted by molar-refractivity contribution is 5.22. The molecule has 1 saturated carbocycles. The Balaban J connectivity index is 1.55. The first-order valence-electron chi connectivity index (χ1n) is 6.22. The quantitative estimate of drug-likeness (QED) is 0.836. The fraction of sp³-hybridized carbons (Fsp3) is 0.571. The van der Waals surface area contributed by atoms with Gasteiger partial charge in [0.15, 0.2) is 0 Å². The van der Waals surface area contributed by atoms with E-state index in [9.17, 15) is 0 Å². The smallest absolute Gasteiger partial charge is 0.0441 e. The zero-order chi connectivity index (χ0) is 11.2. The molecule has 1 heterocycles. The average Bonchev–Trinajstić information content (AvgIpc) is 3.02. The molecule has 0 spiro atoms. The summed E-state index contributed by atoms with van der Waals surface area (Å²) >= 11 is 0. The highest BCUT2D eigenvalue weighted by Gasteiger charge is 2.49. The minimum absolute atomic E-state index is 0.157. The predicted molar refractivity (Wildman–Crippen MR) is 66.1 cm³/mol. The van der Waals surface area contributed by atoms with Crippen LogP contribution in [-0.4, -0.2) is 23.5 Å². The first-order valence-corrected chi connectivity index (χ1v) is 6.22. The molecule has 0 bridgehead atoms. The molecule has 0 aromatic heterocycles. The van der Waals surface area contributed by atoms with E-state index in [1.54, 1.807) is 0 Å². The van der Waals surface area contributed by atoms with E-state index >= 15 is 0 Å². The highest BCUT2D eigenvalue weighted by Crippen LogP contribution is 2.43. The van der Waals surface area contributed by atoms with E-state index in [1.165, 1.54) is 24.0 Å². The van der Waals surface area contributed by atoms with Crippen LogP contribution in [0, 0.1) is 12.8 Å². The lowest BCUT2D eigenvalue weighted by Gasteiger charge is -2.48. The number of rotatable bonds is 3. The molecule has 1 aliphatic heterocycles. The molecular formula is C14H20N2. The zero-order valence-electron chi connectivity index (χ0n) is 9.95. The van der Waals surface area contributed by atoms with Crippen LogP contribution >= 0.6 is 0 Å². The normalized spacial score (nSPS) is 24.1. The molecule has 2 heteroatoms. The zero-order valence-corrected chi connectivity index (χ0v) is 9.95. The molecule has 2 fully saturated rings. The first kappa shape index (κ1) is 10.3. The van der Waals surface area contributed by atoms with Crippen molar-refractivity contribution in [3.63, 3.8) is 0 Å². The Bertz CT molecular complexity index is 372. The number of hydrogen-bond donors (Lipinski definition) is 1. The second kappa shape index (κ2) is 3.57. The van der Waals surface area contributed by atoms with Crippen molar-refractivity contribution < 1.29 is 0 Å². The summed E-state index contributed by atoms with van der Waals surface area (Å²) in [5.41, 5.74) is 9.23. The van der Waals surface area contributed by atoms with E-state index in [1.807, 2.05) is 0 Å². The second-order valence-corrected chi connectivity index (χ2v) is 5.64. The van der Waals surface area contributed by atoms with Gasteiger partial charge in [0.1, 0.15) is 0 Å². The van der Waals surface area contributed by atoms with Gasteiger partial charge < -0.3 is 5.73 Å². The number of nitrogens with two attached hydrogens (primary N) is 1. The Hall–Kier alpha value is -0.860. The van der Waals surface area contributed by atoms with Gasteiger partial charge in [-0.05, 0) is 31.2 Å². The van der Waals surface area contributed by atoms with Crippen LogP contribution < -0.4 is 5.73 Å². The van der Waals surface area contributed by atoms with Gasteiger partial charge in [-0.1, -0.05) is 29.8 Å². The Morgan fingerprint density at radius 3 is 2.44 bits per heavy atom. The number of aryl methyl sites for hydroxylation is 1. The van der Waals surface area contributed by atoms with Crippen molar-refractivity contribution in [3.8, 4) is 0 Å². The van der Waals surface area contributed by atoms with Gasteiger partial charge in [0.05, 0.1) is 0 Å². The third-order valence-electron chi connectivity index (χ3n) is 3.95. The first-order chi connectivity index (χ1) is 7.66. The summed E-state index contributed by atoms with van der Waals surface area (Å²) in [7, 11) is 0. The molecular weight excluding hydrogens is 196 g/mol. The van der Waals surface area contributed by atoms with Gasteiger partial charge in [0, 0.05) is 25.2 Å². The third kappa shape index (κ3) is 1.87. The van der Waals surface area contributed by atoms with Crippen molar-refractivity contribution in [2.24, 2.45) is 11.7 Å².